The van der Waals surface area contributed by atoms with Gasteiger partial charge in [0.25, 0.3) is 0 Å². The van der Waals surface area contributed by atoms with Crippen LogP contribution in [0.5, 0.6) is 0 Å². The highest BCUT2D eigenvalue weighted by Crippen LogP contribution is 2.48. The molecule has 3 nitrogen and oxygen atoms in total. The first-order valence-corrected chi connectivity index (χ1v) is 5.05. The minimum atomic E-state index is -5.67. The summed E-state index contributed by atoms with van der Waals surface area (Å²) >= 11 is 0. The van der Waals surface area contributed by atoms with Crippen LogP contribution in [0, 0.1) is 0 Å². The Morgan fingerprint density at radius 3 is 1.63 bits per heavy atom. The Bertz CT molecular complexity index is 325. The molecule has 19 heavy (non-hydrogen) atoms. The van der Waals surface area contributed by atoms with E-state index in [9.17, 15) is 26.3 Å². The number of rotatable bonds is 0. The summed E-state index contributed by atoms with van der Waals surface area (Å²) in [6.07, 6.45) is -8.72. The van der Waals surface area contributed by atoms with E-state index in [-0.39, 0.29) is 12.5 Å². The van der Waals surface area contributed by atoms with Gasteiger partial charge in [0.15, 0.2) is 0 Å². The third kappa shape index (κ3) is 3.27. The third-order valence-corrected chi connectivity index (χ3v) is 2.18. The van der Waals surface area contributed by atoms with Crippen molar-refractivity contribution in [2.24, 2.45) is 0 Å². The van der Waals surface area contributed by atoms with E-state index in [1.807, 2.05) is 0 Å². The average molecular weight is 292 g/mol. The normalized spacial score (nSPS) is 21.1. The Morgan fingerprint density at radius 1 is 1.00 bits per heavy atom. The number of hydrogen-bond donors (Lipinski definition) is 0. The van der Waals surface area contributed by atoms with Crippen molar-refractivity contribution >= 4 is 0 Å². The van der Waals surface area contributed by atoms with Crippen molar-refractivity contribution in [3.63, 3.8) is 0 Å². The number of halogens is 6. The van der Waals surface area contributed by atoms with Crippen LogP contribution in [0.4, 0.5) is 26.3 Å². The molecule has 2 aliphatic rings. The second-order valence-electron chi connectivity index (χ2n) is 3.61. The van der Waals surface area contributed by atoms with E-state index >= 15 is 0 Å². The molecular weight excluding hydrogens is 282 g/mol. The highest BCUT2D eigenvalue weighted by molar-refractivity contribution is 4.95. The lowest BCUT2D eigenvalue weighted by molar-refractivity contribution is -0.434. The van der Waals surface area contributed by atoms with Gasteiger partial charge in [0.05, 0.1) is 12.4 Å². The second-order valence-corrected chi connectivity index (χ2v) is 3.61. The van der Waals surface area contributed by atoms with Gasteiger partial charge in [0, 0.05) is 6.42 Å². The van der Waals surface area contributed by atoms with Crippen molar-refractivity contribution in [3.05, 3.63) is 24.9 Å². The fourth-order valence-corrected chi connectivity index (χ4v) is 1.26. The van der Waals surface area contributed by atoms with E-state index in [0.717, 1.165) is 18.8 Å². The van der Waals surface area contributed by atoms with Crippen LogP contribution in [0.1, 0.15) is 12.8 Å². The molecule has 0 N–H and O–H groups in total. The zero-order valence-electron chi connectivity index (χ0n) is 9.48. The molecule has 0 unspecified atom stereocenters. The van der Waals surface area contributed by atoms with Crippen LogP contribution in [-0.4, -0.2) is 24.7 Å². The van der Waals surface area contributed by atoms with E-state index < -0.39 is 18.1 Å². The summed E-state index contributed by atoms with van der Waals surface area (Å²) in [7, 11) is 0. The lowest BCUT2D eigenvalue weighted by Gasteiger charge is -2.30. The lowest BCUT2D eigenvalue weighted by atomic mass is 10.2. The van der Waals surface area contributed by atoms with E-state index in [1.54, 1.807) is 0 Å². The highest BCUT2D eigenvalue weighted by Gasteiger charge is 2.77. The predicted molar refractivity (Wildman–Crippen MR) is 50.5 cm³/mol. The number of allylic oxidation sites excluding steroid dienone is 1. The highest BCUT2D eigenvalue weighted by atomic mass is 19.4. The summed E-state index contributed by atoms with van der Waals surface area (Å²) in [6, 6.07) is 0. The molecule has 0 bridgehead atoms. The molecule has 2 rings (SSSR count). The first-order chi connectivity index (χ1) is 8.60. The maximum absolute atomic E-state index is 11.9. The van der Waals surface area contributed by atoms with Gasteiger partial charge in [-0.25, -0.2) is 0 Å². The molecule has 9 heteroatoms. The molecule has 0 aromatic carbocycles. The van der Waals surface area contributed by atoms with Crippen molar-refractivity contribution in [1.29, 1.82) is 0 Å². The van der Waals surface area contributed by atoms with Crippen molar-refractivity contribution in [3.8, 4) is 0 Å². The fourth-order valence-electron chi connectivity index (χ4n) is 1.26. The molecule has 110 valence electrons. The van der Waals surface area contributed by atoms with E-state index in [0.29, 0.717) is 0 Å². The van der Waals surface area contributed by atoms with Crippen molar-refractivity contribution < 1.29 is 40.6 Å². The quantitative estimate of drug-likeness (QED) is 0.638. The summed E-state index contributed by atoms with van der Waals surface area (Å²) < 4.78 is 83.2. The van der Waals surface area contributed by atoms with Crippen LogP contribution >= 0.6 is 0 Å². The Morgan fingerprint density at radius 2 is 1.47 bits per heavy atom. The van der Waals surface area contributed by atoms with Crippen molar-refractivity contribution in [1.82, 2.24) is 0 Å². The van der Waals surface area contributed by atoms with Gasteiger partial charge in [-0.15, -0.1) is 0 Å². The van der Waals surface area contributed by atoms with Gasteiger partial charge < -0.3 is 14.2 Å². The molecule has 0 atom stereocenters. The van der Waals surface area contributed by atoms with Crippen LogP contribution < -0.4 is 0 Å². The number of ether oxygens (including phenoxy) is 3. The maximum atomic E-state index is 11.9. The monoisotopic (exact) mass is 292 g/mol. The van der Waals surface area contributed by atoms with Crippen LogP contribution in [0.25, 0.3) is 0 Å². The smallest absolute Gasteiger partial charge is 0.478 e. The molecule has 0 radical (unpaired) electrons. The Labute approximate surface area is 104 Å². The van der Waals surface area contributed by atoms with Gasteiger partial charge in [-0.1, -0.05) is 6.58 Å². The molecule has 1 saturated heterocycles. The van der Waals surface area contributed by atoms with Gasteiger partial charge in [0.2, 0.25) is 0 Å². The second kappa shape index (κ2) is 5.22. The van der Waals surface area contributed by atoms with Crippen LogP contribution in [0.2, 0.25) is 0 Å². The molecule has 1 fully saturated rings. The molecule has 0 amide bonds. The van der Waals surface area contributed by atoms with Crippen LogP contribution in [0.15, 0.2) is 24.9 Å². The van der Waals surface area contributed by atoms with E-state index in [2.05, 4.69) is 16.1 Å². The first-order valence-electron chi connectivity index (χ1n) is 5.05. The summed E-state index contributed by atoms with van der Waals surface area (Å²) in [5.41, 5.74) is 0. The summed E-state index contributed by atoms with van der Waals surface area (Å²) in [6.45, 7) is 4.52. The maximum Gasteiger partial charge on any atom is 0.478 e. The van der Waals surface area contributed by atoms with Crippen LogP contribution in [-0.2, 0) is 14.2 Å². The molecule has 2 aliphatic heterocycles. The minimum Gasteiger partial charge on any atom is -0.499 e. The van der Waals surface area contributed by atoms with Crippen molar-refractivity contribution in [2.45, 2.75) is 31.0 Å². The topological polar surface area (TPSA) is 27.7 Å². The molecule has 0 spiro atoms. The SMILES string of the molecule is C=C1CCCO1.FC(F)(F)C1(C(F)(F)F)OC=CO1. The van der Waals surface area contributed by atoms with Crippen LogP contribution in [0.3, 0.4) is 0 Å². The molecule has 0 aromatic rings. The number of alkyl halides is 6. The number of hydrogen-bond acceptors (Lipinski definition) is 3. The van der Waals surface area contributed by atoms with Gasteiger partial charge in [-0.05, 0) is 6.42 Å². The Hall–Kier alpha value is -1.54. The van der Waals surface area contributed by atoms with Gasteiger partial charge in [0.1, 0.15) is 12.5 Å². The van der Waals surface area contributed by atoms with E-state index in [1.165, 1.54) is 6.42 Å². The molecule has 0 saturated carbocycles. The zero-order valence-corrected chi connectivity index (χ0v) is 9.48. The average Bonchev–Trinajstić information content (AvgIpc) is 2.85. The molecule has 0 aliphatic carbocycles. The summed E-state index contributed by atoms with van der Waals surface area (Å²) in [5, 5.41) is 0. The van der Waals surface area contributed by atoms with Crippen molar-refractivity contribution in [2.75, 3.05) is 6.61 Å². The van der Waals surface area contributed by atoms with E-state index in [4.69, 9.17) is 4.74 Å². The minimum absolute atomic E-state index is 0.195. The van der Waals surface area contributed by atoms with Gasteiger partial charge >= 0.3 is 18.1 Å². The summed E-state index contributed by atoms with van der Waals surface area (Å²) in [4.78, 5) is 0. The van der Waals surface area contributed by atoms with Gasteiger partial charge in [-0.2, -0.15) is 26.3 Å². The largest absolute Gasteiger partial charge is 0.499 e. The first kappa shape index (κ1) is 15.5. The summed E-state index contributed by atoms with van der Waals surface area (Å²) in [5.74, 6) is -3.59. The standard InChI is InChI=1S/C5H2F6O2.C5H8O/c6-4(7,8)3(5(9,10)11)12-1-2-13-3;1-5-3-2-4-6-5/h1-2H;1-4H2. The molecule has 0 aromatic heterocycles. The lowest BCUT2D eigenvalue weighted by Crippen LogP contribution is -2.57. The predicted octanol–water partition coefficient (Wildman–Crippen LogP) is 3.64. The Balaban J connectivity index is 0.000000250. The van der Waals surface area contributed by atoms with Gasteiger partial charge in [-0.3, -0.25) is 0 Å². The molecule has 2 heterocycles. The Kier molecular flexibility index (Phi) is 4.26. The molecular formula is C10H10F6O3. The third-order valence-electron chi connectivity index (χ3n) is 2.18. The zero-order chi connectivity index (χ0) is 14.7. The fraction of sp³-hybridized carbons (Fsp3) is 0.600.